The Morgan fingerprint density at radius 3 is 2.53 bits per heavy atom. The number of fused-ring (bicyclic) bond motifs is 1. The van der Waals surface area contributed by atoms with E-state index in [0.717, 1.165) is 27.8 Å². The lowest BCUT2D eigenvalue weighted by molar-refractivity contribution is 0.284. The van der Waals surface area contributed by atoms with E-state index in [9.17, 15) is 4.79 Å². The summed E-state index contributed by atoms with van der Waals surface area (Å²) >= 11 is 0. The quantitative estimate of drug-likeness (QED) is 0.398. The van der Waals surface area contributed by atoms with Crippen LogP contribution in [0.25, 0.3) is 11.0 Å². The maximum atomic E-state index is 11.4. The molecule has 0 aliphatic rings. The molecule has 4 aromatic rings. The molecule has 7 heteroatoms. The van der Waals surface area contributed by atoms with E-state index in [1.54, 1.807) is 7.11 Å². The zero-order valence-corrected chi connectivity index (χ0v) is 17.6. The SMILES string of the molecule is COc1cc(CNc2ccc3[nH]c(=O)[nH]c3c2)ccc1OCc1cccc(C)c1.Cl. The third-order valence-electron chi connectivity index (χ3n) is 4.72. The third-order valence-corrected chi connectivity index (χ3v) is 4.72. The Labute approximate surface area is 180 Å². The molecule has 0 amide bonds. The first-order valence-corrected chi connectivity index (χ1v) is 9.42. The van der Waals surface area contributed by atoms with Crippen molar-refractivity contribution in [3.63, 3.8) is 0 Å². The van der Waals surface area contributed by atoms with Gasteiger partial charge >= 0.3 is 5.69 Å². The second-order valence-electron chi connectivity index (χ2n) is 6.96. The number of methoxy groups -OCH3 is 1. The van der Waals surface area contributed by atoms with Crippen LogP contribution in [-0.4, -0.2) is 17.1 Å². The van der Waals surface area contributed by atoms with Crippen molar-refractivity contribution in [3.05, 3.63) is 87.8 Å². The van der Waals surface area contributed by atoms with Gasteiger partial charge in [-0.05, 0) is 48.4 Å². The molecule has 0 saturated carbocycles. The summed E-state index contributed by atoms with van der Waals surface area (Å²) in [6, 6.07) is 19.9. The van der Waals surface area contributed by atoms with Crippen LogP contribution in [0.2, 0.25) is 0 Å². The van der Waals surface area contributed by atoms with Crippen molar-refractivity contribution in [1.29, 1.82) is 0 Å². The van der Waals surface area contributed by atoms with Gasteiger partial charge in [0.25, 0.3) is 0 Å². The van der Waals surface area contributed by atoms with Crippen LogP contribution < -0.4 is 20.5 Å². The Bertz CT molecular complexity index is 1200. The van der Waals surface area contributed by atoms with Gasteiger partial charge in [-0.2, -0.15) is 0 Å². The van der Waals surface area contributed by atoms with Crippen molar-refractivity contribution in [1.82, 2.24) is 9.97 Å². The molecular weight excluding hydrogens is 402 g/mol. The van der Waals surface area contributed by atoms with E-state index in [0.29, 0.717) is 24.7 Å². The highest BCUT2D eigenvalue weighted by Gasteiger charge is 2.07. The zero-order valence-electron chi connectivity index (χ0n) is 16.8. The summed E-state index contributed by atoms with van der Waals surface area (Å²) in [5, 5.41) is 3.36. The van der Waals surface area contributed by atoms with E-state index in [1.807, 2.05) is 48.5 Å². The number of imidazole rings is 1. The minimum atomic E-state index is -0.205. The minimum absolute atomic E-state index is 0. The number of benzene rings is 3. The molecule has 0 radical (unpaired) electrons. The van der Waals surface area contributed by atoms with E-state index in [4.69, 9.17) is 9.47 Å². The molecule has 3 aromatic carbocycles. The van der Waals surface area contributed by atoms with E-state index < -0.39 is 0 Å². The van der Waals surface area contributed by atoms with Crippen LogP contribution in [-0.2, 0) is 13.2 Å². The zero-order chi connectivity index (χ0) is 20.2. The molecule has 156 valence electrons. The molecule has 6 nitrogen and oxygen atoms in total. The molecular formula is C23H24ClN3O3. The lowest BCUT2D eigenvalue weighted by Gasteiger charge is -2.13. The molecule has 0 aliphatic heterocycles. The van der Waals surface area contributed by atoms with Crippen molar-refractivity contribution in [3.8, 4) is 11.5 Å². The third kappa shape index (κ3) is 4.96. The molecule has 3 N–H and O–H groups in total. The predicted molar refractivity (Wildman–Crippen MR) is 122 cm³/mol. The molecule has 1 heterocycles. The molecule has 0 saturated heterocycles. The second kappa shape index (κ2) is 9.41. The highest BCUT2D eigenvalue weighted by atomic mass is 35.5. The maximum absolute atomic E-state index is 11.4. The van der Waals surface area contributed by atoms with Crippen molar-refractivity contribution in [2.24, 2.45) is 0 Å². The summed E-state index contributed by atoms with van der Waals surface area (Å²) in [7, 11) is 1.64. The molecule has 30 heavy (non-hydrogen) atoms. The van der Waals surface area contributed by atoms with Gasteiger partial charge in [-0.15, -0.1) is 12.4 Å². The van der Waals surface area contributed by atoms with E-state index in [2.05, 4.69) is 34.3 Å². The number of nitrogens with one attached hydrogen (secondary N) is 3. The maximum Gasteiger partial charge on any atom is 0.323 e. The molecule has 0 fully saturated rings. The standard InChI is InChI=1S/C23H23N3O3.ClH/c1-15-4-3-5-17(10-15)14-29-21-9-6-16(11-22(21)28-2)13-24-18-7-8-19-20(12-18)26-23(27)25-19;/h3-12,24H,13-14H2,1-2H3,(H2,25,26,27);1H. The summed E-state index contributed by atoms with van der Waals surface area (Å²) in [6.45, 7) is 3.18. The molecule has 4 rings (SSSR count). The normalized spacial score (nSPS) is 10.5. The van der Waals surface area contributed by atoms with Crippen molar-refractivity contribution in [2.45, 2.75) is 20.1 Å². The van der Waals surface area contributed by atoms with E-state index >= 15 is 0 Å². The number of aromatic nitrogens is 2. The fraction of sp³-hybridized carbons (Fsp3) is 0.174. The minimum Gasteiger partial charge on any atom is -0.493 e. The number of anilines is 1. The molecule has 1 aromatic heterocycles. The summed E-state index contributed by atoms with van der Waals surface area (Å²) in [4.78, 5) is 16.9. The number of ether oxygens (including phenoxy) is 2. The number of aryl methyl sites for hydroxylation is 1. The summed E-state index contributed by atoms with van der Waals surface area (Å²) in [5.74, 6) is 1.41. The lowest BCUT2D eigenvalue weighted by atomic mass is 10.1. The molecule has 0 spiro atoms. The number of hydrogen-bond acceptors (Lipinski definition) is 4. The largest absolute Gasteiger partial charge is 0.493 e. The second-order valence-corrected chi connectivity index (χ2v) is 6.96. The van der Waals surface area contributed by atoms with Gasteiger partial charge in [-0.3, -0.25) is 0 Å². The van der Waals surface area contributed by atoms with Crippen LogP contribution in [0.3, 0.4) is 0 Å². The van der Waals surface area contributed by atoms with Crippen LogP contribution in [0.5, 0.6) is 11.5 Å². The monoisotopic (exact) mass is 425 g/mol. The highest BCUT2D eigenvalue weighted by molar-refractivity contribution is 5.85. The number of aromatic amines is 2. The van der Waals surface area contributed by atoms with E-state index in [1.165, 1.54) is 5.56 Å². The first kappa shape index (κ1) is 21.3. The van der Waals surface area contributed by atoms with Gasteiger partial charge in [0.05, 0.1) is 18.1 Å². The number of rotatable bonds is 7. The number of H-pyrrole nitrogens is 2. The average molecular weight is 426 g/mol. The van der Waals surface area contributed by atoms with Crippen LogP contribution in [0.15, 0.2) is 65.5 Å². The van der Waals surface area contributed by atoms with Gasteiger partial charge in [0, 0.05) is 12.2 Å². The van der Waals surface area contributed by atoms with Gasteiger partial charge in [0.15, 0.2) is 11.5 Å². The fourth-order valence-corrected chi connectivity index (χ4v) is 3.25. The number of hydrogen-bond donors (Lipinski definition) is 3. The molecule has 0 unspecified atom stereocenters. The van der Waals surface area contributed by atoms with Gasteiger partial charge in [0.1, 0.15) is 6.61 Å². The van der Waals surface area contributed by atoms with Gasteiger partial charge in [0.2, 0.25) is 0 Å². The van der Waals surface area contributed by atoms with Crippen molar-refractivity contribution in [2.75, 3.05) is 12.4 Å². The molecule has 0 aliphatic carbocycles. The topological polar surface area (TPSA) is 79.1 Å². The van der Waals surface area contributed by atoms with Crippen molar-refractivity contribution < 1.29 is 9.47 Å². The van der Waals surface area contributed by atoms with Gasteiger partial charge in [-0.1, -0.05) is 35.9 Å². The molecule has 0 bridgehead atoms. The van der Waals surface area contributed by atoms with Crippen LogP contribution in [0.4, 0.5) is 5.69 Å². The Balaban J connectivity index is 0.00000256. The highest BCUT2D eigenvalue weighted by Crippen LogP contribution is 2.29. The predicted octanol–water partition coefficient (Wildman–Crippen LogP) is 4.79. The first-order chi connectivity index (χ1) is 14.1. The van der Waals surface area contributed by atoms with Crippen LogP contribution in [0.1, 0.15) is 16.7 Å². The first-order valence-electron chi connectivity index (χ1n) is 9.42. The summed E-state index contributed by atoms with van der Waals surface area (Å²) in [5.41, 5.74) is 5.68. The summed E-state index contributed by atoms with van der Waals surface area (Å²) < 4.78 is 11.5. The Hall–Kier alpha value is -3.38. The average Bonchev–Trinajstić information content (AvgIpc) is 3.10. The van der Waals surface area contributed by atoms with Gasteiger partial charge in [-0.25, -0.2) is 4.79 Å². The molecule has 0 atom stereocenters. The fourth-order valence-electron chi connectivity index (χ4n) is 3.25. The smallest absolute Gasteiger partial charge is 0.323 e. The van der Waals surface area contributed by atoms with Crippen LogP contribution >= 0.6 is 12.4 Å². The Morgan fingerprint density at radius 1 is 0.900 bits per heavy atom. The Morgan fingerprint density at radius 2 is 1.73 bits per heavy atom. The number of halogens is 1. The Kier molecular flexibility index (Phi) is 6.69. The van der Waals surface area contributed by atoms with Crippen molar-refractivity contribution >= 4 is 29.1 Å². The summed E-state index contributed by atoms with van der Waals surface area (Å²) in [6.07, 6.45) is 0. The lowest BCUT2D eigenvalue weighted by Crippen LogP contribution is -2.02. The van der Waals surface area contributed by atoms with Crippen LogP contribution in [0, 0.1) is 6.92 Å². The van der Waals surface area contributed by atoms with E-state index in [-0.39, 0.29) is 18.1 Å². The van der Waals surface area contributed by atoms with Gasteiger partial charge < -0.3 is 24.8 Å².